The molecule has 0 saturated carbocycles. The van der Waals surface area contributed by atoms with Gasteiger partial charge in [0.2, 0.25) is 5.91 Å². The molecule has 1 aromatic heterocycles. The summed E-state index contributed by atoms with van der Waals surface area (Å²) in [4.78, 5) is 23.9. The van der Waals surface area contributed by atoms with Crippen LogP contribution < -0.4 is 10.6 Å². The standard InChI is InChI=1S/C14H13BrN2O2S/c1-2-12(18)16-9-3-5-10(6-4-9)17-14(19)13-11(15)7-8-20-13/h3-8H,2H2,1H3,(H,16,18)(H,17,19). The molecule has 1 heterocycles. The van der Waals surface area contributed by atoms with E-state index in [-0.39, 0.29) is 11.8 Å². The van der Waals surface area contributed by atoms with E-state index in [1.165, 1.54) is 11.3 Å². The van der Waals surface area contributed by atoms with E-state index in [0.29, 0.717) is 22.7 Å². The number of hydrogen-bond acceptors (Lipinski definition) is 3. The second-order valence-electron chi connectivity index (χ2n) is 4.03. The van der Waals surface area contributed by atoms with Crippen molar-refractivity contribution in [3.63, 3.8) is 0 Å². The van der Waals surface area contributed by atoms with Gasteiger partial charge in [-0.1, -0.05) is 6.92 Å². The van der Waals surface area contributed by atoms with E-state index < -0.39 is 0 Å². The number of amides is 2. The number of benzene rings is 1. The van der Waals surface area contributed by atoms with Crippen molar-refractivity contribution in [2.24, 2.45) is 0 Å². The zero-order valence-electron chi connectivity index (χ0n) is 10.8. The van der Waals surface area contributed by atoms with E-state index in [2.05, 4.69) is 26.6 Å². The topological polar surface area (TPSA) is 58.2 Å². The minimum atomic E-state index is -0.155. The number of halogens is 1. The average Bonchev–Trinajstić information content (AvgIpc) is 2.87. The second kappa shape index (κ2) is 6.67. The molecular weight excluding hydrogens is 340 g/mol. The first-order valence-corrected chi connectivity index (χ1v) is 7.71. The highest BCUT2D eigenvalue weighted by Crippen LogP contribution is 2.24. The lowest BCUT2D eigenvalue weighted by atomic mass is 10.2. The first-order valence-electron chi connectivity index (χ1n) is 6.04. The van der Waals surface area contributed by atoms with Crippen LogP contribution in [0.5, 0.6) is 0 Å². The van der Waals surface area contributed by atoms with Gasteiger partial charge in [0.1, 0.15) is 4.88 Å². The van der Waals surface area contributed by atoms with Crippen LogP contribution in [0.25, 0.3) is 0 Å². The van der Waals surface area contributed by atoms with Crippen molar-refractivity contribution in [1.29, 1.82) is 0 Å². The van der Waals surface area contributed by atoms with Crippen LogP contribution in [0.4, 0.5) is 11.4 Å². The summed E-state index contributed by atoms with van der Waals surface area (Å²) in [6, 6.07) is 8.86. The molecule has 2 aromatic rings. The number of nitrogens with one attached hydrogen (secondary N) is 2. The van der Waals surface area contributed by atoms with Gasteiger partial charge in [-0.3, -0.25) is 9.59 Å². The zero-order valence-corrected chi connectivity index (χ0v) is 13.2. The largest absolute Gasteiger partial charge is 0.326 e. The van der Waals surface area contributed by atoms with Gasteiger partial charge in [0.05, 0.1) is 0 Å². The molecule has 0 fully saturated rings. The highest BCUT2D eigenvalue weighted by atomic mass is 79.9. The van der Waals surface area contributed by atoms with E-state index in [1.54, 1.807) is 31.2 Å². The van der Waals surface area contributed by atoms with Crippen molar-refractivity contribution in [3.05, 3.63) is 45.1 Å². The Labute approximate surface area is 129 Å². The first kappa shape index (κ1) is 14.7. The van der Waals surface area contributed by atoms with Gasteiger partial charge in [-0.05, 0) is 51.6 Å². The Balaban J connectivity index is 2.02. The molecule has 2 amide bonds. The second-order valence-corrected chi connectivity index (χ2v) is 5.80. The van der Waals surface area contributed by atoms with Crippen molar-refractivity contribution in [2.45, 2.75) is 13.3 Å². The summed E-state index contributed by atoms with van der Waals surface area (Å²) in [6.07, 6.45) is 0.435. The monoisotopic (exact) mass is 352 g/mol. The van der Waals surface area contributed by atoms with Gasteiger partial charge in [-0.2, -0.15) is 0 Å². The molecule has 20 heavy (non-hydrogen) atoms. The highest BCUT2D eigenvalue weighted by molar-refractivity contribution is 9.10. The van der Waals surface area contributed by atoms with Crippen molar-refractivity contribution in [2.75, 3.05) is 10.6 Å². The zero-order chi connectivity index (χ0) is 14.5. The van der Waals surface area contributed by atoms with Gasteiger partial charge in [-0.15, -0.1) is 11.3 Å². The lowest BCUT2D eigenvalue weighted by Crippen LogP contribution is -2.11. The van der Waals surface area contributed by atoms with E-state index in [4.69, 9.17) is 0 Å². The van der Waals surface area contributed by atoms with Crippen LogP contribution in [0.2, 0.25) is 0 Å². The quantitative estimate of drug-likeness (QED) is 0.869. The van der Waals surface area contributed by atoms with Crippen LogP contribution in [0.1, 0.15) is 23.0 Å². The first-order chi connectivity index (χ1) is 9.60. The van der Waals surface area contributed by atoms with Gasteiger partial charge >= 0.3 is 0 Å². The Morgan fingerprint density at radius 3 is 2.20 bits per heavy atom. The van der Waals surface area contributed by atoms with Gasteiger partial charge < -0.3 is 10.6 Å². The van der Waals surface area contributed by atoms with Gasteiger partial charge in [0.15, 0.2) is 0 Å². The molecule has 0 unspecified atom stereocenters. The van der Waals surface area contributed by atoms with Gasteiger partial charge in [-0.25, -0.2) is 0 Å². The van der Waals surface area contributed by atoms with E-state index in [0.717, 1.165) is 4.47 Å². The molecule has 0 saturated heterocycles. The molecule has 0 aliphatic carbocycles. The van der Waals surface area contributed by atoms with Crippen molar-refractivity contribution in [1.82, 2.24) is 0 Å². The average molecular weight is 353 g/mol. The van der Waals surface area contributed by atoms with Crippen molar-refractivity contribution >= 4 is 50.5 Å². The number of carbonyl (C=O) groups is 2. The van der Waals surface area contributed by atoms with E-state index in [1.807, 2.05) is 11.4 Å². The fourth-order valence-corrected chi connectivity index (χ4v) is 2.98. The maximum atomic E-state index is 12.0. The summed E-state index contributed by atoms with van der Waals surface area (Å²) in [5.41, 5.74) is 1.40. The number of thiophene rings is 1. The minimum Gasteiger partial charge on any atom is -0.326 e. The van der Waals surface area contributed by atoms with Crippen LogP contribution >= 0.6 is 27.3 Å². The maximum Gasteiger partial charge on any atom is 0.266 e. The molecule has 2 N–H and O–H groups in total. The maximum absolute atomic E-state index is 12.0. The molecule has 104 valence electrons. The molecule has 2 rings (SSSR count). The molecule has 0 radical (unpaired) electrons. The molecule has 0 atom stereocenters. The molecule has 1 aromatic carbocycles. The Morgan fingerprint density at radius 1 is 1.10 bits per heavy atom. The molecule has 0 aliphatic heterocycles. The molecule has 4 nitrogen and oxygen atoms in total. The van der Waals surface area contributed by atoms with Crippen LogP contribution in [0.3, 0.4) is 0 Å². The van der Waals surface area contributed by atoms with E-state index in [9.17, 15) is 9.59 Å². The minimum absolute atomic E-state index is 0.0377. The van der Waals surface area contributed by atoms with Crippen LogP contribution in [-0.2, 0) is 4.79 Å². The summed E-state index contributed by atoms with van der Waals surface area (Å²) in [5, 5.41) is 7.41. The van der Waals surface area contributed by atoms with Gasteiger partial charge in [0.25, 0.3) is 5.91 Å². The highest BCUT2D eigenvalue weighted by Gasteiger charge is 2.11. The molecule has 0 bridgehead atoms. The summed E-state index contributed by atoms with van der Waals surface area (Å²) in [7, 11) is 0. The predicted molar refractivity (Wildman–Crippen MR) is 85.3 cm³/mol. The summed E-state index contributed by atoms with van der Waals surface area (Å²) in [5.74, 6) is -0.193. The Hall–Kier alpha value is -1.66. The van der Waals surface area contributed by atoms with E-state index >= 15 is 0 Å². The Kier molecular flexibility index (Phi) is 4.92. The SMILES string of the molecule is CCC(=O)Nc1ccc(NC(=O)c2sccc2Br)cc1. The number of carbonyl (C=O) groups excluding carboxylic acids is 2. The summed E-state index contributed by atoms with van der Waals surface area (Å²) in [6.45, 7) is 1.79. The normalized spacial score (nSPS) is 10.1. The summed E-state index contributed by atoms with van der Waals surface area (Å²) >= 11 is 4.70. The number of anilines is 2. The third-order valence-corrected chi connectivity index (χ3v) is 4.41. The van der Waals surface area contributed by atoms with Crippen molar-refractivity contribution < 1.29 is 9.59 Å². The third-order valence-electron chi connectivity index (χ3n) is 2.57. The van der Waals surface area contributed by atoms with Crippen molar-refractivity contribution in [3.8, 4) is 0 Å². The fourth-order valence-electron chi connectivity index (χ4n) is 1.53. The van der Waals surface area contributed by atoms with Gasteiger partial charge in [0, 0.05) is 22.3 Å². The molecular formula is C14H13BrN2O2S. The smallest absolute Gasteiger partial charge is 0.266 e. The predicted octanol–water partition coefficient (Wildman–Crippen LogP) is 4.11. The molecule has 6 heteroatoms. The van der Waals surface area contributed by atoms with Crippen LogP contribution in [-0.4, -0.2) is 11.8 Å². The fraction of sp³-hybridized carbons (Fsp3) is 0.143. The Morgan fingerprint density at radius 2 is 1.70 bits per heavy atom. The number of rotatable bonds is 4. The van der Waals surface area contributed by atoms with Crippen LogP contribution in [0, 0.1) is 0 Å². The lowest BCUT2D eigenvalue weighted by Gasteiger charge is -2.07. The third kappa shape index (κ3) is 3.68. The van der Waals surface area contributed by atoms with Crippen LogP contribution in [0.15, 0.2) is 40.2 Å². The molecule has 0 spiro atoms. The molecule has 0 aliphatic rings. The number of hydrogen-bond donors (Lipinski definition) is 2. The Bertz CT molecular complexity index is 622. The lowest BCUT2D eigenvalue weighted by molar-refractivity contribution is -0.115. The summed E-state index contributed by atoms with van der Waals surface area (Å²) < 4.78 is 0.784.